The highest BCUT2D eigenvalue weighted by atomic mass is 19.3. The minimum atomic E-state index is -2.33. The lowest BCUT2D eigenvalue weighted by molar-refractivity contribution is -0.142. The molecule has 1 fully saturated rings. The fourth-order valence-corrected chi connectivity index (χ4v) is 2.31. The van der Waals surface area contributed by atoms with Crippen LogP contribution < -0.4 is 5.32 Å². The first-order valence-corrected chi connectivity index (χ1v) is 5.78. The van der Waals surface area contributed by atoms with E-state index in [1.807, 2.05) is 7.05 Å². The molecule has 2 unspecified atom stereocenters. The first kappa shape index (κ1) is 14.3. The van der Waals surface area contributed by atoms with Crippen LogP contribution in [0.2, 0.25) is 0 Å². The molecule has 0 radical (unpaired) electrons. The number of alkyl halides is 2. The van der Waals surface area contributed by atoms with Crippen molar-refractivity contribution >= 4 is 5.97 Å². The van der Waals surface area contributed by atoms with Gasteiger partial charge in [0.15, 0.2) is 0 Å². The molecule has 2 atom stereocenters. The molecule has 1 N–H and O–H groups in total. The Bertz CT molecular complexity index is 252. The molecule has 4 nitrogen and oxygen atoms in total. The highest BCUT2D eigenvalue weighted by Crippen LogP contribution is 2.19. The molecule has 100 valence electrons. The van der Waals surface area contributed by atoms with Gasteiger partial charge in [-0.3, -0.25) is 4.79 Å². The summed E-state index contributed by atoms with van der Waals surface area (Å²) >= 11 is 0. The van der Waals surface area contributed by atoms with E-state index in [-0.39, 0.29) is 24.5 Å². The van der Waals surface area contributed by atoms with E-state index >= 15 is 0 Å². The molecule has 1 aliphatic heterocycles. The van der Waals surface area contributed by atoms with Crippen molar-refractivity contribution in [1.29, 1.82) is 0 Å². The van der Waals surface area contributed by atoms with E-state index in [4.69, 9.17) is 0 Å². The van der Waals surface area contributed by atoms with Gasteiger partial charge in [-0.15, -0.1) is 0 Å². The summed E-state index contributed by atoms with van der Waals surface area (Å²) in [6, 6.07) is 0.0254. The summed E-state index contributed by atoms with van der Waals surface area (Å²) in [7, 11) is 3.29. The number of carbonyl (C=O) groups is 1. The van der Waals surface area contributed by atoms with Gasteiger partial charge >= 0.3 is 5.97 Å². The van der Waals surface area contributed by atoms with Crippen LogP contribution in [-0.2, 0) is 9.53 Å². The Kier molecular flexibility index (Phi) is 5.77. The molecule has 1 rings (SSSR count). The van der Waals surface area contributed by atoms with E-state index < -0.39 is 6.43 Å². The molecule has 1 heterocycles. The zero-order chi connectivity index (χ0) is 12.8. The average Bonchev–Trinajstić information content (AvgIpc) is 2.25. The molecule has 0 amide bonds. The summed E-state index contributed by atoms with van der Waals surface area (Å²) in [5.74, 6) is -0.0608. The van der Waals surface area contributed by atoms with Crippen molar-refractivity contribution < 1.29 is 18.3 Å². The first-order valence-electron chi connectivity index (χ1n) is 5.78. The van der Waals surface area contributed by atoms with Crippen LogP contribution in [0.5, 0.6) is 0 Å². The maximum absolute atomic E-state index is 12.1. The van der Waals surface area contributed by atoms with Crippen LogP contribution in [0.25, 0.3) is 0 Å². The number of halogens is 2. The number of nitrogens with zero attached hydrogens (tertiary/aromatic N) is 1. The smallest absolute Gasteiger partial charge is 0.305 e. The van der Waals surface area contributed by atoms with E-state index in [0.29, 0.717) is 6.42 Å². The lowest BCUT2D eigenvalue weighted by Gasteiger charge is -2.35. The van der Waals surface area contributed by atoms with E-state index in [9.17, 15) is 13.6 Å². The van der Waals surface area contributed by atoms with Crippen molar-refractivity contribution in [2.75, 3.05) is 33.8 Å². The number of ether oxygens (including phenoxy) is 1. The van der Waals surface area contributed by atoms with Gasteiger partial charge in [-0.2, -0.15) is 0 Å². The molecule has 17 heavy (non-hydrogen) atoms. The normalized spacial score (nSPS) is 26.2. The Balaban J connectivity index is 2.39. The van der Waals surface area contributed by atoms with Crippen molar-refractivity contribution in [3.8, 4) is 0 Å². The average molecular weight is 250 g/mol. The number of likely N-dealkylation sites (tertiary alicyclic amines) is 1. The third-order valence-electron chi connectivity index (χ3n) is 2.96. The number of likely N-dealkylation sites (N-methyl/N-ethyl adjacent to an activating group) is 1. The predicted molar refractivity (Wildman–Crippen MR) is 60.0 cm³/mol. The summed E-state index contributed by atoms with van der Waals surface area (Å²) in [6.07, 6.45) is -1.24. The maximum Gasteiger partial charge on any atom is 0.305 e. The van der Waals surface area contributed by atoms with Gasteiger partial charge in [0.25, 0.3) is 6.43 Å². The van der Waals surface area contributed by atoms with E-state index in [1.165, 1.54) is 7.11 Å². The van der Waals surface area contributed by atoms with Gasteiger partial charge in [-0.1, -0.05) is 0 Å². The summed E-state index contributed by atoms with van der Waals surface area (Å²) in [5.41, 5.74) is 0. The molecular formula is C11H20F2N2O2. The lowest BCUT2D eigenvalue weighted by Crippen LogP contribution is -2.49. The van der Waals surface area contributed by atoms with E-state index in [1.54, 1.807) is 0 Å². The Morgan fingerprint density at radius 3 is 2.82 bits per heavy atom. The molecular weight excluding hydrogens is 230 g/mol. The minimum Gasteiger partial charge on any atom is -0.469 e. The van der Waals surface area contributed by atoms with Gasteiger partial charge < -0.3 is 15.0 Å². The number of hydrogen-bond donors (Lipinski definition) is 1. The third-order valence-corrected chi connectivity index (χ3v) is 2.96. The van der Waals surface area contributed by atoms with Crippen LogP contribution in [0.1, 0.15) is 12.8 Å². The molecule has 1 saturated heterocycles. The predicted octanol–water partition coefficient (Wildman–Crippen LogP) is 0.724. The lowest BCUT2D eigenvalue weighted by atomic mass is 9.92. The van der Waals surface area contributed by atoms with Crippen molar-refractivity contribution in [2.24, 2.45) is 5.92 Å². The molecule has 0 aromatic heterocycles. The molecule has 0 aliphatic carbocycles. The highest BCUT2D eigenvalue weighted by molar-refractivity contribution is 5.69. The second-order valence-corrected chi connectivity index (χ2v) is 4.60. The van der Waals surface area contributed by atoms with E-state index in [2.05, 4.69) is 15.0 Å². The highest BCUT2D eigenvalue weighted by Gasteiger charge is 2.27. The Morgan fingerprint density at radius 2 is 2.24 bits per heavy atom. The second-order valence-electron chi connectivity index (χ2n) is 4.60. The number of carbonyl (C=O) groups excluding carboxylic acids is 1. The van der Waals surface area contributed by atoms with Crippen LogP contribution in [0, 0.1) is 5.92 Å². The van der Waals surface area contributed by atoms with Crippen molar-refractivity contribution in [1.82, 2.24) is 10.2 Å². The topological polar surface area (TPSA) is 41.6 Å². The minimum absolute atomic E-state index is 0.0254. The van der Waals surface area contributed by atoms with Gasteiger partial charge in [0.2, 0.25) is 0 Å². The molecule has 6 heteroatoms. The van der Waals surface area contributed by atoms with Crippen LogP contribution in [-0.4, -0.2) is 57.1 Å². The van der Waals surface area contributed by atoms with Crippen molar-refractivity contribution in [2.45, 2.75) is 25.3 Å². The molecule has 0 saturated carbocycles. The fourth-order valence-electron chi connectivity index (χ4n) is 2.31. The fraction of sp³-hybridized carbons (Fsp3) is 0.909. The summed E-state index contributed by atoms with van der Waals surface area (Å²) in [6.45, 7) is 1.26. The summed E-state index contributed by atoms with van der Waals surface area (Å²) in [5, 5.41) is 2.83. The number of nitrogens with one attached hydrogen (secondary N) is 1. The van der Waals surface area contributed by atoms with E-state index in [0.717, 1.165) is 19.5 Å². The quantitative estimate of drug-likeness (QED) is 0.730. The number of rotatable bonds is 5. The standard InChI is InChI=1S/C11H20F2N2O2/c1-15-6-8(4-11(16)17-2)3-9(7-15)14-5-10(12)13/h8-10,14H,3-7H2,1-2H3. The summed E-state index contributed by atoms with van der Waals surface area (Å²) in [4.78, 5) is 13.2. The summed E-state index contributed by atoms with van der Waals surface area (Å²) < 4.78 is 28.8. The first-order chi connectivity index (χ1) is 8.01. The van der Waals surface area contributed by atoms with Gasteiger partial charge in [-0.05, 0) is 19.4 Å². The Hall–Kier alpha value is -0.750. The van der Waals surface area contributed by atoms with Gasteiger partial charge in [-0.25, -0.2) is 8.78 Å². The largest absolute Gasteiger partial charge is 0.469 e. The molecule has 0 aromatic rings. The SMILES string of the molecule is COC(=O)CC1CC(NCC(F)F)CN(C)C1. The van der Waals surface area contributed by atoms with Crippen LogP contribution >= 0.6 is 0 Å². The van der Waals surface area contributed by atoms with Gasteiger partial charge in [0.1, 0.15) is 0 Å². The molecule has 0 bridgehead atoms. The number of hydrogen-bond acceptors (Lipinski definition) is 4. The Morgan fingerprint density at radius 1 is 1.53 bits per heavy atom. The number of methoxy groups -OCH3 is 1. The zero-order valence-electron chi connectivity index (χ0n) is 10.3. The monoisotopic (exact) mass is 250 g/mol. The molecule has 0 spiro atoms. The van der Waals surface area contributed by atoms with Crippen LogP contribution in [0.4, 0.5) is 8.78 Å². The Labute approximate surface area is 100 Å². The maximum atomic E-state index is 12.1. The zero-order valence-corrected chi connectivity index (χ0v) is 10.3. The van der Waals surface area contributed by atoms with Gasteiger partial charge in [0.05, 0.1) is 13.7 Å². The number of piperidine rings is 1. The third kappa shape index (κ3) is 5.41. The van der Waals surface area contributed by atoms with Crippen LogP contribution in [0.15, 0.2) is 0 Å². The molecule has 1 aliphatic rings. The van der Waals surface area contributed by atoms with Gasteiger partial charge in [0, 0.05) is 25.6 Å². The van der Waals surface area contributed by atoms with Crippen LogP contribution in [0.3, 0.4) is 0 Å². The van der Waals surface area contributed by atoms with Crippen molar-refractivity contribution in [3.63, 3.8) is 0 Å². The number of esters is 1. The van der Waals surface area contributed by atoms with Crippen molar-refractivity contribution in [3.05, 3.63) is 0 Å². The second kappa shape index (κ2) is 6.86. The molecule has 0 aromatic carbocycles.